The average molecular weight is 1080 g/mol. The molecule has 27 heteroatoms. The molecule has 0 unspecified atom stereocenters. The zero-order chi connectivity index (χ0) is 55.4. The lowest BCUT2D eigenvalue weighted by atomic mass is 9.96. The van der Waals surface area contributed by atoms with Gasteiger partial charge in [0.15, 0.2) is 5.96 Å². The lowest BCUT2D eigenvalue weighted by Crippen LogP contribution is -2.61. The van der Waals surface area contributed by atoms with E-state index < -0.39 is 127 Å². The molecule has 0 spiro atoms. The SMILES string of the molecule is CC[C@H](C)[C@H](NC(=O)[C@H](CCCN=C(N)N)NC(=O)[C@H](Cc1c[nH]c2ccccc12)NC(=O)[C@@H](N)CS)C(=O)N[C@@H](Cc1c[nH]c2ccccc12)C(=O)N[C@@H](CCC(=O)O)C(=O)N[C@@H](CO)C(=O)N[C@@H](CS)C(=O)O. The van der Waals surface area contributed by atoms with E-state index in [-0.39, 0.29) is 49.7 Å². The maximum Gasteiger partial charge on any atom is 0.327 e. The number of H-pyrrole nitrogens is 2. The van der Waals surface area contributed by atoms with Crippen LogP contribution in [0, 0.1) is 5.92 Å². The third-order valence-electron chi connectivity index (χ3n) is 12.3. The second kappa shape index (κ2) is 29.5. The van der Waals surface area contributed by atoms with Gasteiger partial charge in [0.2, 0.25) is 41.4 Å². The fourth-order valence-corrected chi connectivity index (χ4v) is 8.23. The lowest BCUT2D eigenvalue weighted by Gasteiger charge is -2.30. The number of hydrogen-bond donors (Lipinski definition) is 17. The zero-order valence-corrected chi connectivity index (χ0v) is 43.1. The minimum atomic E-state index is -1.74. The molecule has 25 nitrogen and oxygen atoms in total. The monoisotopic (exact) mass is 1080 g/mol. The van der Waals surface area contributed by atoms with Gasteiger partial charge in [-0.1, -0.05) is 56.7 Å². The minimum Gasteiger partial charge on any atom is -0.481 e. The summed E-state index contributed by atoms with van der Waals surface area (Å²) in [5, 5.41) is 48.0. The van der Waals surface area contributed by atoms with Crippen LogP contribution in [-0.4, -0.2) is 158 Å². The number of carboxylic acids is 2. The van der Waals surface area contributed by atoms with Gasteiger partial charge < -0.3 is 79.7 Å². The first-order valence-electron chi connectivity index (χ1n) is 24.0. The number of para-hydroxylation sites is 2. The summed E-state index contributed by atoms with van der Waals surface area (Å²) in [5.74, 6) is -10.4. The van der Waals surface area contributed by atoms with Crippen LogP contribution in [0.15, 0.2) is 65.9 Å². The van der Waals surface area contributed by atoms with Gasteiger partial charge in [0.05, 0.1) is 12.6 Å². The highest BCUT2D eigenvalue weighted by molar-refractivity contribution is 7.80. The van der Waals surface area contributed by atoms with E-state index in [0.29, 0.717) is 28.5 Å². The summed E-state index contributed by atoms with van der Waals surface area (Å²) in [6.07, 6.45) is 2.25. The Balaban J connectivity index is 1.67. The van der Waals surface area contributed by atoms with Gasteiger partial charge in [0.25, 0.3) is 0 Å². The van der Waals surface area contributed by atoms with E-state index in [9.17, 15) is 58.5 Å². The van der Waals surface area contributed by atoms with Crippen molar-refractivity contribution in [3.63, 3.8) is 0 Å². The Hall–Kier alpha value is -7.36. The fraction of sp³-hybridized carbons (Fsp3) is 0.458. The molecule has 408 valence electrons. The molecule has 0 fully saturated rings. The van der Waals surface area contributed by atoms with Crippen molar-refractivity contribution in [2.75, 3.05) is 24.7 Å². The van der Waals surface area contributed by atoms with Crippen LogP contribution >= 0.6 is 25.3 Å². The molecule has 2 aromatic heterocycles. The van der Waals surface area contributed by atoms with Crippen LogP contribution in [0.25, 0.3) is 21.8 Å². The first kappa shape index (κ1) is 60.2. The third kappa shape index (κ3) is 17.9. The first-order chi connectivity index (χ1) is 35.7. The normalized spacial score (nSPS) is 14.8. The molecule has 75 heavy (non-hydrogen) atoms. The maximum absolute atomic E-state index is 14.6. The molecule has 0 aliphatic rings. The van der Waals surface area contributed by atoms with E-state index in [1.165, 1.54) is 0 Å². The largest absolute Gasteiger partial charge is 0.481 e. The molecule has 4 aromatic rings. The molecule has 0 aliphatic heterocycles. The average Bonchev–Trinajstić information content (AvgIpc) is 4.00. The molecule has 0 saturated heterocycles. The highest BCUT2D eigenvalue weighted by Gasteiger charge is 2.36. The number of carboxylic acid groups (broad SMARTS) is 2. The number of nitrogens with one attached hydrogen (secondary N) is 9. The minimum absolute atomic E-state index is 0.0270. The van der Waals surface area contributed by atoms with Gasteiger partial charge in [0, 0.05) is 71.5 Å². The number of carbonyl (C=O) groups excluding carboxylic acids is 7. The number of hydrogen-bond acceptors (Lipinski definition) is 14. The van der Waals surface area contributed by atoms with Crippen molar-refractivity contribution in [3.8, 4) is 0 Å². The van der Waals surface area contributed by atoms with Crippen LogP contribution < -0.4 is 54.4 Å². The number of rotatable bonds is 31. The smallest absolute Gasteiger partial charge is 0.327 e. The second-order valence-corrected chi connectivity index (χ2v) is 18.5. The van der Waals surface area contributed by atoms with Crippen molar-refractivity contribution in [2.45, 2.75) is 107 Å². The number of amides is 7. The van der Waals surface area contributed by atoms with Crippen molar-refractivity contribution in [3.05, 3.63) is 72.1 Å². The summed E-state index contributed by atoms with van der Waals surface area (Å²) < 4.78 is 0. The number of aromatic nitrogens is 2. The number of fused-ring (bicyclic) bond motifs is 2. The number of aliphatic hydroxyl groups excluding tert-OH is 1. The van der Waals surface area contributed by atoms with E-state index in [1.807, 2.05) is 24.3 Å². The van der Waals surface area contributed by atoms with Crippen LogP contribution in [0.2, 0.25) is 0 Å². The van der Waals surface area contributed by atoms with Crippen LogP contribution in [0.4, 0.5) is 0 Å². The van der Waals surface area contributed by atoms with Gasteiger partial charge in [-0.3, -0.25) is 43.3 Å². The van der Waals surface area contributed by atoms with E-state index in [2.05, 4.69) is 77.4 Å². The third-order valence-corrected chi connectivity index (χ3v) is 13.0. The van der Waals surface area contributed by atoms with Crippen LogP contribution in [0.1, 0.15) is 57.1 Å². The standard InChI is InChI=1S/C48H67N13O12S2/c1-3-24(2)39(61-42(67)32(13-8-16-52-48(50)51)55-43(68)34(57-40(65)29(49)22-74)17-25-19-53-30-11-6-4-9-27(25)30)46(71)58-35(18-26-20-54-31-12-7-5-10-28(26)31)44(69)56-33(14-15-38(63)64)41(66)59-36(21-62)45(70)60-37(23-75)47(72)73/h4-7,9-12,19-20,24,29,32-37,39,53-54,62,74-75H,3,8,13-18,21-23,49H2,1-2H3,(H,55,68)(H,56,69)(H,57,65)(H,58,71)(H,59,66)(H,60,70)(H,61,67)(H,63,64)(H,72,73)(H4,50,51,52)/t24-,29-,32-,33-,34-,35-,36-,37-,39-/m0/s1. The molecule has 7 amide bonds. The van der Waals surface area contributed by atoms with E-state index in [1.54, 1.807) is 50.5 Å². The van der Waals surface area contributed by atoms with Gasteiger partial charge in [-0.05, 0) is 48.4 Å². The molecule has 0 radical (unpaired) electrons. The molecule has 9 atom stereocenters. The Bertz CT molecular complexity index is 2680. The van der Waals surface area contributed by atoms with E-state index >= 15 is 0 Å². The Morgan fingerprint density at radius 1 is 0.613 bits per heavy atom. The van der Waals surface area contributed by atoms with Gasteiger partial charge in [-0.2, -0.15) is 25.3 Å². The summed E-state index contributed by atoms with van der Waals surface area (Å²) in [7, 11) is 0. The van der Waals surface area contributed by atoms with Gasteiger partial charge >= 0.3 is 11.9 Å². The Morgan fingerprint density at radius 2 is 1.07 bits per heavy atom. The van der Waals surface area contributed by atoms with E-state index in [4.69, 9.17) is 17.2 Å². The number of thiol groups is 2. The highest BCUT2D eigenvalue weighted by atomic mass is 32.1. The number of guanidine groups is 1. The van der Waals surface area contributed by atoms with Crippen molar-refractivity contribution in [1.82, 2.24) is 47.2 Å². The van der Waals surface area contributed by atoms with Crippen LogP contribution in [0.5, 0.6) is 0 Å². The second-order valence-electron chi connectivity index (χ2n) is 17.7. The number of aliphatic hydroxyl groups is 1. The molecule has 4 rings (SSSR count). The number of nitrogens with zero attached hydrogens (tertiary/aromatic N) is 1. The molecule has 2 aromatic carbocycles. The zero-order valence-electron chi connectivity index (χ0n) is 41.3. The molecule has 18 N–H and O–H groups in total. The Kier molecular flexibility index (Phi) is 23.7. The molecule has 0 saturated carbocycles. The van der Waals surface area contributed by atoms with Crippen molar-refractivity contribution < 1.29 is 58.5 Å². The van der Waals surface area contributed by atoms with Gasteiger partial charge in [-0.25, -0.2) is 4.79 Å². The number of benzene rings is 2. The molecule has 0 aliphatic carbocycles. The summed E-state index contributed by atoms with van der Waals surface area (Å²) in [5.41, 5.74) is 19.7. The predicted molar refractivity (Wildman–Crippen MR) is 284 cm³/mol. The van der Waals surface area contributed by atoms with Crippen molar-refractivity contribution in [1.29, 1.82) is 0 Å². The summed E-state index contributed by atoms with van der Waals surface area (Å²) in [4.78, 5) is 131. The Morgan fingerprint density at radius 3 is 1.55 bits per heavy atom. The predicted octanol–water partition coefficient (Wildman–Crippen LogP) is -1.94. The van der Waals surface area contributed by atoms with Crippen LogP contribution in [0.3, 0.4) is 0 Å². The summed E-state index contributed by atoms with van der Waals surface area (Å²) in [6.45, 7) is 2.44. The Labute approximate surface area is 442 Å². The topological polar surface area (TPSA) is 421 Å². The number of carbonyl (C=O) groups is 9. The molecule has 0 bridgehead atoms. The summed E-state index contributed by atoms with van der Waals surface area (Å²) in [6, 6.07) is 2.84. The highest BCUT2D eigenvalue weighted by Crippen LogP contribution is 2.22. The fourth-order valence-electron chi connectivity index (χ4n) is 7.82. The number of aliphatic carboxylic acids is 2. The van der Waals surface area contributed by atoms with Gasteiger partial charge in [0.1, 0.15) is 42.3 Å². The number of nitrogens with two attached hydrogens (primary N) is 3. The van der Waals surface area contributed by atoms with E-state index in [0.717, 1.165) is 10.9 Å². The molecule has 2 heterocycles. The van der Waals surface area contributed by atoms with Gasteiger partial charge in [-0.15, -0.1) is 0 Å². The molecular weight excluding hydrogens is 1010 g/mol. The maximum atomic E-state index is 14.6. The molecular formula is C48H67N13O12S2. The number of aromatic amines is 2. The van der Waals surface area contributed by atoms with Crippen molar-refractivity contribution in [2.24, 2.45) is 28.1 Å². The summed E-state index contributed by atoms with van der Waals surface area (Å²) >= 11 is 8.02. The van der Waals surface area contributed by atoms with Crippen molar-refractivity contribution >= 4 is 106 Å². The number of aliphatic imine (C=N–C) groups is 1. The first-order valence-corrected chi connectivity index (χ1v) is 25.3. The van der Waals surface area contributed by atoms with Crippen LogP contribution in [-0.2, 0) is 56.0 Å². The lowest BCUT2D eigenvalue weighted by molar-refractivity contribution is -0.142. The quantitative estimate of drug-likeness (QED) is 0.0113.